The fraction of sp³-hybridized carbons (Fsp3) is 0.263. The third kappa shape index (κ3) is 3.98. The Morgan fingerprint density at radius 3 is 2.25 bits per heavy atom. The Morgan fingerprint density at radius 2 is 1.71 bits per heavy atom. The number of nitrogens with one attached hydrogen (secondary N) is 1. The van der Waals surface area contributed by atoms with Crippen molar-refractivity contribution in [2.45, 2.75) is 32.2 Å². The van der Waals surface area contributed by atoms with Gasteiger partial charge in [0.15, 0.2) is 0 Å². The minimum Gasteiger partial charge on any atom is -0.326 e. The third-order valence-corrected chi connectivity index (χ3v) is 3.96. The monoisotopic (exact) mass is 326 g/mol. The molecule has 1 fully saturated rings. The molecule has 1 aliphatic carbocycles. The molecule has 0 aliphatic heterocycles. The van der Waals surface area contributed by atoms with Gasteiger partial charge in [-0.25, -0.2) is 4.39 Å². The number of nitrogens with zero attached hydrogens (tertiary/aromatic N) is 1. The zero-order valence-electron chi connectivity index (χ0n) is 13.5. The third-order valence-electron chi connectivity index (χ3n) is 3.96. The maximum atomic E-state index is 12.9. The lowest BCUT2D eigenvalue weighted by Crippen LogP contribution is -2.30. The second-order valence-electron chi connectivity index (χ2n) is 6.02. The molecule has 1 N–H and O–H groups in total. The number of hydrogen-bond acceptors (Lipinski definition) is 2. The van der Waals surface area contributed by atoms with Gasteiger partial charge in [0.05, 0.1) is 6.42 Å². The summed E-state index contributed by atoms with van der Waals surface area (Å²) in [4.78, 5) is 25.6. The van der Waals surface area contributed by atoms with Crippen LogP contribution in [0.15, 0.2) is 48.5 Å². The Hall–Kier alpha value is -2.69. The number of amides is 2. The molecule has 0 atom stereocenters. The second kappa shape index (κ2) is 6.83. The normalized spacial score (nSPS) is 13.4. The molecule has 0 aromatic heterocycles. The van der Waals surface area contributed by atoms with Crippen LogP contribution in [0.5, 0.6) is 0 Å². The molecule has 1 saturated carbocycles. The van der Waals surface area contributed by atoms with Gasteiger partial charge in [0.1, 0.15) is 5.82 Å². The van der Waals surface area contributed by atoms with Gasteiger partial charge in [0.25, 0.3) is 0 Å². The highest BCUT2D eigenvalue weighted by Gasteiger charge is 2.31. The molecule has 2 amide bonds. The zero-order valence-corrected chi connectivity index (χ0v) is 13.5. The molecule has 0 bridgehead atoms. The van der Waals surface area contributed by atoms with Crippen LogP contribution in [0.2, 0.25) is 0 Å². The summed E-state index contributed by atoms with van der Waals surface area (Å²) in [5.74, 6) is -0.453. The lowest BCUT2D eigenvalue weighted by Gasteiger charge is -2.21. The van der Waals surface area contributed by atoms with Crippen LogP contribution in [-0.2, 0) is 16.0 Å². The zero-order chi connectivity index (χ0) is 17.1. The molecule has 24 heavy (non-hydrogen) atoms. The molecule has 0 saturated heterocycles. The molecule has 1 aliphatic rings. The van der Waals surface area contributed by atoms with E-state index in [1.165, 1.54) is 12.1 Å². The van der Waals surface area contributed by atoms with Gasteiger partial charge >= 0.3 is 0 Å². The molecule has 2 aromatic carbocycles. The first kappa shape index (κ1) is 16.2. The van der Waals surface area contributed by atoms with Gasteiger partial charge in [0, 0.05) is 24.3 Å². The van der Waals surface area contributed by atoms with Crippen molar-refractivity contribution >= 4 is 23.2 Å². The number of anilines is 2. The van der Waals surface area contributed by atoms with Crippen LogP contribution in [0.4, 0.5) is 15.8 Å². The van der Waals surface area contributed by atoms with Crippen LogP contribution in [0, 0.1) is 5.82 Å². The van der Waals surface area contributed by atoms with Crippen molar-refractivity contribution in [3.63, 3.8) is 0 Å². The Morgan fingerprint density at radius 1 is 1.08 bits per heavy atom. The molecule has 5 heteroatoms. The number of carbonyl (C=O) groups excluding carboxylic acids is 2. The minimum atomic E-state index is -0.319. The number of benzene rings is 2. The van der Waals surface area contributed by atoms with E-state index in [2.05, 4.69) is 5.32 Å². The maximum absolute atomic E-state index is 12.9. The fourth-order valence-corrected chi connectivity index (χ4v) is 2.68. The molecule has 2 aromatic rings. The number of hydrogen-bond donors (Lipinski definition) is 1. The Balaban J connectivity index is 1.62. The summed E-state index contributed by atoms with van der Waals surface area (Å²) in [6, 6.07) is 13.4. The predicted molar refractivity (Wildman–Crippen MR) is 91.4 cm³/mol. The maximum Gasteiger partial charge on any atom is 0.228 e. The molecular formula is C19H19FN2O2. The first-order valence-electron chi connectivity index (χ1n) is 7.97. The minimum absolute atomic E-state index is 0.0330. The summed E-state index contributed by atoms with van der Waals surface area (Å²) in [6.45, 7) is 1.57. The van der Waals surface area contributed by atoms with Crippen molar-refractivity contribution in [2.75, 3.05) is 10.2 Å². The highest BCUT2D eigenvalue weighted by Crippen LogP contribution is 2.32. The van der Waals surface area contributed by atoms with E-state index in [0.717, 1.165) is 24.1 Å². The molecule has 4 nitrogen and oxygen atoms in total. The van der Waals surface area contributed by atoms with Gasteiger partial charge in [0.2, 0.25) is 11.8 Å². The van der Waals surface area contributed by atoms with Gasteiger partial charge < -0.3 is 10.2 Å². The lowest BCUT2D eigenvalue weighted by molar-refractivity contribution is -0.117. The van der Waals surface area contributed by atoms with E-state index < -0.39 is 0 Å². The van der Waals surface area contributed by atoms with Crippen LogP contribution >= 0.6 is 0 Å². The summed E-state index contributed by atoms with van der Waals surface area (Å²) < 4.78 is 12.9. The van der Waals surface area contributed by atoms with Crippen molar-refractivity contribution < 1.29 is 14.0 Å². The smallest absolute Gasteiger partial charge is 0.228 e. The van der Waals surface area contributed by atoms with Gasteiger partial charge in [-0.1, -0.05) is 12.1 Å². The van der Waals surface area contributed by atoms with Crippen molar-refractivity contribution in [1.82, 2.24) is 0 Å². The van der Waals surface area contributed by atoms with Gasteiger partial charge in [-0.15, -0.1) is 0 Å². The first-order valence-corrected chi connectivity index (χ1v) is 7.97. The molecule has 0 spiro atoms. The van der Waals surface area contributed by atoms with Crippen LogP contribution in [0.25, 0.3) is 0 Å². The van der Waals surface area contributed by atoms with E-state index in [9.17, 15) is 14.0 Å². The molecule has 3 rings (SSSR count). The topological polar surface area (TPSA) is 49.4 Å². The van der Waals surface area contributed by atoms with Crippen LogP contribution in [0.1, 0.15) is 25.3 Å². The van der Waals surface area contributed by atoms with Gasteiger partial charge in [-0.2, -0.15) is 0 Å². The number of rotatable bonds is 5. The van der Waals surface area contributed by atoms with Crippen molar-refractivity contribution in [1.29, 1.82) is 0 Å². The van der Waals surface area contributed by atoms with E-state index >= 15 is 0 Å². The van der Waals surface area contributed by atoms with Crippen LogP contribution < -0.4 is 10.2 Å². The number of halogens is 1. The first-order chi connectivity index (χ1) is 11.5. The summed E-state index contributed by atoms with van der Waals surface area (Å²) in [5.41, 5.74) is 2.27. The van der Waals surface area contributed by atoms with Crippen molar-refractivity contribution in [2.24, 2.45) is 0 Å². The SMILES string of the molecule is CC(=O)N(c1ccc(NC(=O)Cc2ccc(F)cc2)cc1)C1CC1. The van der Waals surface area contributed by atoms with Crippen molar-refractivity contribution in [3.8, 4) is 0 Å². The molecule has 124 valence electrons. The second-order valence-corrected chi connectivity index (χ2v) is 6.02. The molecule has 0 heterocycles. The Labute approximate surface area is 140 Å². The predicted octanol–water partition coefficient (Wildman–Crippen LogP) is 3.52. The van der Waals surface area contributed by atoms with E-state index in [-0.39, 0.29) is 24.1 Å². The van der Waals surface area contributed by atoms with Crippen molar-refractivity contribution in [3.05, 3.63) is 59.9 Å². The highest BCUT2D eigenvalue weighted by molar-refractivity contribution is 5.94. The standard InChI is InChI=1S/C19H19FN2O2/c1-13(23)22(18-10-11-18)17-8-6-16(7-9-17)21-19(24)12-14-2-4-15(20)5-3-14/h2-9,18H,10-12H2,1H3,(H,21,24). The van der Waals surface area contributed by atoms with E-state index in [4.69, 9.17) is 0 Å². The summed E-state index contributed by atoms with van der Waals surface area (Å²) in [7, 11) is 0. The van der Waals surface area contributed by atoms with Crippen LogP contribution in [0.3, 0.4) is 0 Å². The lowest BCUT2D eigenvalue weighted by atomic mass is 10.1. The molecule has 0 unspecified atom stereocenters. The largest absolute Gasteiger partial charge is 0.326 e. The summed E-state index contributed by atoms with van der Waals surface area (Å²) in [6.07, 6.45) is 2.26. The average molecular weight is 326 g/mol. The molecular weight excluding hydrogens is 307 g/mol. The fourth-order valence-electron chi connectivity index (χ4n) is 2.68. The van der Waals surface area contributed by atoms with Gasteiger partial charge in [-0.3, -0.25) is 9.59 Å². The van der Waals surface area contributed by atoms with Crippen LogP contribution in [-0.4, -0.2) is 17.9 Å². The van der Waals surface area contributed by atoms with E-state index in [0.29, 0.717) is 11.7 Å². The number of carbonyl (C=O) groups is 2. The van der Waals surface area contributed by atoms with E-state index in [1.54, 1.807) is 36.1 Å². The summed E-state index contributed by atoms with van der Waals surface area (Å²) in [5, 5.41) is 2.81. The summed E-state index contributed by atoms with van der Waals surface area (Å²) >= 11 is 0. The Kier molecular flexibility index (Phi) is 4.60. The Bertz CT molecular complexity index is 737. The highest BCUT2D eigenvalue weighted by atomic mass is 19.1. The molecule has 0 radical (unpaired) electrons. The quantitative estimate of drug-likeness (QED) is 0.914. The average Bonchev–Trinajstić information content (AvgIpc) is 3.36. The van der Waals surface area contributed by atoms with E-state index in [1.807, 2.05) is 12.1 Å². The van der Waals surface area contributed by atoms with Gasteiger partial charge in [-0.05, 0) is 54.8 Å².